The largest absolute Gasteiger partial charge is 0.256 e. The highest BCUT2D eigenvalue weighted by atomic mass is 19.1. The first kappa shape index (κ1) is 14.1. The average Bonchev–Trinajstić information content (AvgIpc) is 2.67. The van der Waals surface area contributed by atoms with Crippen LogP contribution >= 0.6 is 0 Å². The van der Waals surface area contributed by atoms with Gasteiger partial charge >= 0.3 is 0 Å². The molecule has 0 amide bonds. The molecule has 5 aromatic rings. The Balaban J connectivity index is 1.83. The second kappa shape index (κ2) is 5.38. The SMILES string of the molecule is Fc1cccc2c1ccc1c(-c3ccc4ccccc4c3)nccc12. The molecule has 1 heterocycles. The van der Waals surface area contributed by atoms with Gasteiger partial charge in [0.15, 0.2) is 0 Å². The van der Waals surface area contributed by atoms with Gasteiger partial charge in [-0.05, 0) is 39.7 Å². The fourth-order valence-electron chi connectivity index (χ4n) is 3.55. The molecule has 0 aliphatic heterocycles. The predicted octanol–water partition coefficient (Wildman–Crippen LogP) is 6.35. The highest BCUT2D eigenvalue weighted by molar-refractivity contribution is 6.11. The van der Waals surface area contributed by atoms with E-state index in [1.54, 1.807) is 12.3 Å². The van der Waals surface area contributed by atoms with Gasteiger partial charge in [0.2, 0.25) is 0 Å². The van der Waals surface area contributed by atoms with Crippen molar-refractivity contribution in [1.29, 1.82) is 0 Å². The molecule has 0 atom stereocenters. The Morgan fingerprint density at radius 1 is 0.600 bits per heavy atom. The van der Waals surface area contributed by atoms with Crippen LogP contribution in [0.15, 0.2) is 85.1 Å². The normalized spacial score (nSPS) is 11.4. The number of aromatic nitrogens is 1. The smallest absolute Gasteiger partial charge is 0.131 e. The first-order valence-electron chi connectivity index (χ1n) is 8.26. The number of fused-ring (bicyclic) bond motifs is 4. The van der Waals surface area contributed by atoms with Gasteiger partial charge in [-0.3, -0.25) is 4.98 Å². The highest BCUT2D eigenvalue weighted by Crippen LogP contribution is 2.33. The van der Waals surface area contributed by atoms with Crippen LogP contribution in [0, 0.1) is 5.82 Å². The summed E-state index contributed by atoms with van der Waals surface area (Å²) in [7, 11) is 0. The van der Waals surface area contributed by atoms with E-state index in [1.165, 1.54) is 16.8 Å². The minimum Gasteiger partial charge on any atom is -0.256 e. The third kappa shape index (κ3) is 2.18. The van der Waals surface area contributed by atoms with Gasteiger partial charge in [0.1, 0.15) is 5.82 Å². The van der Waals surface area contributed by atoms with Crippen molar-refractivity contribution >= 4 is 32.3 Å². The summed E-state index contributed by atoms with van der Waals surface area (Å²) in [5, 5.41) is 6.02. The Bertz CT molecular complexity index is 1260. The zero-order valence-corrected chi connectivity index (χ0v) is 13.4. The first-order chi connectivity index (χ1) is 12.3. The van der Waals surface area contributed by atoms with Gasteiger partial charge in [-0.1, -0.05) is 60.7 Å². The van der Waals surface area contributed by atoms with Crippen LogP contribution in [-0.4, -0.2) is 4.98 Å². The lowest BCUT2D eigenvalue weighted by molar-refractivity contribution is 0.640. The van der Waals surface area contributed by atoms with Crippen molar-refractivity contribution in [2.24, 2.45) is 0 Å². The Morgan fingerprint density at radius 2 is 1.40 bits per heavy atom. The minimum atomic E-state index is -0.191. The monoisotopic (exact) mass is 323 g/mol. The van der Waals surface area contributed by atoms with E-state index in [-0.39, 0.29) is 5.82 Å². The average molecular weight is 323 g/mol. The van der Waals surface area contributed by atoms with Gasteiger partial charge < -0.3 is 0 Å². The quantitative estimate of drug-likeness (QED) is 0.328. The number of hydrogen-bond acceptors (Lipinski definition) is 1. The molecular weight excluding hydrogens is 309 g/mol. The predicted molar refractivity (Wildman–Crippen MR) is 102 cm³/mol. The fraction of sp³-hybridized carbons (Fsp3) is 0. The Labute approximate surface area is 144 Å². The maximum atomic E-state index is 14.1. The van der Waals surface area contributed by atoms with Gasteiger partial charge in [-0.25, -0.2) is 4.39 Å². The van der Waals surface area contributed by atoms with Crippen molar-refractivity contribution in [3.63, 3.8) is 0 Å². The molecule has 0 aliphatic rings. The first-order valence-corrected chi connectivity index (χ1v) is 8.26. The van der Waals surface area contributed by atoms with E-state index in [0.717, 1.165) is 27.4 Å². The number of rotatable bonds is 1. The second-order valence-electron chi connectivity index (χ2n) is 6.22. The van der Waals surface area contributed by atoms with E-state index < -0.39 is 0 Å². The number of halogens is 1. The number of pyridine rings is 1. The lowest BCUT2D eigenvalue weighted by Gasteiger charge is -2.10. The molecule has 0 aliphatic carbocycles. The van der Waals surface area contributed by atoms with Crippen LogP contribution in [0.1, 0.15) is 0 Å². The summed E-state index contributed by atoms with van der Waals surface area (Å²) >= 11 is 0. The van der Waals surface area contributed by atoms with Crippen LogP contribution in [0.5, 0.6) is 0 Å². The van der Waals surface area contributed by atoms with E-state index in [0.29, 0.717) is 5.39 Å². The van der Waals surface area contributed by atoms with Crippen molar-refractivity contribution in [2.45, 2.75) is 0 Å². The zero-order chi connectivity index (χ0) is 16.8. The number of benzene rings is 4. The summed E-state index contributed by atoms with van der Waals surface area (Å²) in [6, 6.07) is 25.7. The molecule has 0 radical (unpaired) electrons. The van der Waals surface area contributed by atoms with Crippen LogP contribution < -0.4 is 0 Å². The maximum absolute atomic E-state index is 14.1. The van der Waals surface area contributed by atoms with Crippen LogP contribution in [0.2, 0.25) is 0 Å². The lowest BCUT2D eigenvalue weighted by Crippen LogP contribution is -1.88. The maximum Gasteiger partial charge on any atom is 0.131 e. The summed E-state index contributed by atoms with van der Waals surface area (Å²) in [4.78, 5) is 4.62. The minimum absolute atomic E-state index is 0.191. The molecule has 0 unspecified atom stereocenters. The molecule has 4 aromatic carbocycles. The van der Waals surface area contributed by atoms with E-state index in [4.69, 9.17) is 0 Å². The molecule has 0 fully saturated rings. The van der Waals surface area contributed by atoms with Crippen molar-refractivity contribution in [3.05, 3.63) is 90.9 Å². The molecule has 0 saturated heterocycles. The van der Waals surface area contributed by atoms with E-state index in [9.17, 15) is 4.39 Å². The molecule has 1 aromatic heterocycles. The van der Waals surface area contributed by atoms with Crippen molar-refractivity contribution < 1.29 is 4.39 Å². The van der Waals surface area contributed by atoms with Crippen LogP contribution in [0.3, 0.4) is 0 Å². The standard InChI is InChI=1S/C23H14FN/c24-22-7-3-6-18-19-12-13-25-23(21(19)11-10-20(18)22)17-9-8-15-4-1-2-5-16(15)14-17/h1-14H. The zero-order valence-electron chi connectivity index (χ0n) is 13.4. The Hall–Kier alpha value is -3.26. The molecule has 25 heavy (non-hydrogen) atoms. The molecule has 5 rings (SSSR count). The highest BCUT2D eigenvalue weighted by Gasteiger charge is 2.10. The molecular formula is C23H14FN. The number of nitrogens with zero attached hydrogens (tertiary/aromatic N) is 1. The van der Waals surface area contributed by atoms with Crippen LogP contribution in [-0.2, 0) is 0 Å². The lowest BCUT2D eigenvalue weighted by atomic mass is 9.97. The van der Waals surface area contributed by atoms with E-state index in [2.05, 4.69) is 35.3 Å². The molecule has 0 spiro atoms. The third-order valence-corrected chi connectivity index (χ3v) is 4.77. The summed E-state index contributed by atoms with van der Waals surface area (Å²) < 4.78 is 14.1. The van der Waals surface area contributed by atoms with Gasteiger partial charge in [0, 0.05) is 22.5 Å². The fourth-order valence-corrected chi connectivity index (χ4v) is 3.55. The molecule has 2 heteroatoms. The summed E-state index contributed by atoms with van der Waals surface area (Å²) in [5.74, 6) is -0.191. The molecule has 0 N–H and O–H groups in total. The second-order valence-corrected chi connectivity index (χ2v) is 6.22. The van der Waals surface area contributed by atoms with Crippen molar-refractivity contribution in [3.8, 4) is 11.3 Å². The summed E-state index contributed by atoms with van der Waals surface area (Å²) in [6.45, 7) is 0. The molecule has 118 valence electrons. The van der Waals surface area contributed by atoms with Crippen molar-refractivity contribution in [1.82, 2.24) is 4.98 Å². The molecule has 0 saturated carbocycles. The van der Waals surface area contributed by atoms with Gasteiger partial charge in [0.05, 0.1) is 5.69 Å². The van der Waals surface area contributed by atoms with Gasteiger partial charge in [-0.15, -0.1) is 0 Å². The molecule has 1 nitrogen and oxygen atoms in total. The number of hydrogen-bond donors (Lipinski definition) is 0. The van der Waals surface area contributed by atoms with Crippen LogP contribution in [0.25, 0.3) is 43.6 Å². The van der Waals surface area contributed by atoms with Crippen LogP contribution in [0.4, 0.5) is 4.39 Å². The van der Waals surface area contributed by atoms with E-state index in [1.807, 2.05) is 36.4 Å². The summed E-state index contributed by atoms with van der Waals surface area (Å²) in [5.41, 5.74) is 1.99. The topological polar surface area (TPSA) is 12.9 Å². The van der Waals surface area contributed by atoms with Gasteiger partial charge in [-0.2, -0.15) is 0 Å². The van der Waals surface area contributed by atoms with E-state index >= 15 is 0 Å². The Morgan fingerprint density at radius 3 is 2.32 bits per heavy atom. The van der Waals surface area contributed by atoms with Gasteiger partial charge in [0.25, 0.3) is 0 Å². The third-order valence-electron chi connectivity index (χ3n) is 4.77. The van der Waals surface area contributed by atoms with Crippen molar-refractivity contribution in [2.75, 3.05) is 0 Å². The Kier molecular flexibility index (Phi) is 3.04. The summed E-state index contributed by atoms with van der Waals surface area (Å²) in [6.07, 6.45) is 1.80. The molecule has 0 bridgehead atoms.